The lowest BCUT2D eigenvalue weighted by Gasteiger charge is -2.34. The van der Waals surface area contributed by atoms with E-state index in [4.69, 9.17) is 0 Å². The van der Waals surface area contributed by atoms with Crippen LogP contribution >= 0.6 is 0 Å². The normalized spacial score (nSPS) is 22.6. The van der Waals surface area contributed by atoms with Gasteiger partial charge in [-0.15, -0.1) is 0 Å². The summed E-state index contributed by atoms with van der Waals surface area (Å²) in [5, 5.41) is 1.24. The molecule has 0 aliphatic carbocycles. The summed E-state index contributed by atoms with van der Waals surface area (Å²) in [6.45, 7) is 3.29. The van der Waals surface area contributed by atoms with Gasteiger partial charge in [-0.2, -0.15) is 0 Å². The van der Waals surface area contributed by atoms with E-state index in [-0.39, 0.29) is 0 Å². The van der Waals surface area contributed by atoms with Crippen LogP contribution in [0.25, 0.3) is 16.5 Å². The number of aromatic nitrogens is 1. The maximum absolute atomic E-state index is 4.62. The van der Waals surface area contributed by atoms with Crippen LogP contribution in [0.4, 0.5) is 0 Å². The molecule has 1 saturated heterocycles. The Hall–Kier alpha value is -2.45. The second-order valence-corrected chi connectivity index (χ2v) is 7.67. The lowest BCUT2D eigenvalue weighted by atomic mass is 9.90. The fraction of sp³-hybridized carbons (Fsp3) is 0.292. The largest absolute Gasteiger partial charge is 0.289 e. The summed E-state index contributed by atoms with van der Waals surface area (Å²) < 4.78 is 0. The van der Waals surface area contributed by atoms with Gasteiger partial charge in [-0.25, -0.2) is 0 Å². The molecule has 2 heteroatoms. The van der Waals surface area contributed by atoms with Crippen LogP contribution < -0.4 is 0 Å². The van der Waals surface area contributed by atoms with Crippen molar-refractivity contribution in [3.05, 3.63) is 83.6 Å². The van der Waals surface area contributed by atoms with Crippen molar-refractivity contribution >= 4 is 16.5 Å². The van der Waals surface area contributed by atoms with Gasteiger partial charge in [-0.1, -0.05) is 54.6 Å². The van der Waals surface area contributed by atoms with Crippen LogP contribution in [0, 0.1) is 6.92 Å². The fourth-order valence-electron chi connectivity index (χ4n) is 4.80. The topological polar surface area (TPSA) is 16.1 Å². The number of hydrogen-bond acceptors (Lipinski definition) is 2. The van der Waals surface area contributed by atoms with Crippen LogP contribution in [-0.4, -0.2) is 22.0 Å². The van der Waals surface area contributed by atoms with Crippen LogP contribution in [-0.2, 0) is 6.54 Å². The summed E-state index contributed by atoms with van der Waals surface area (Å²) in [7, 11) is 0. The van der Waals surface area contributed by atoms with Gasteiger partial charge in [-0.05, 0) is 54.5 Å². The van der Waals surface area contributed by atoms with E-state index in [1.807, 2.05) is 12.3 Å². The highest BCUT2D eigenvalue weighted by Crippen LogP contribution is 2.40. The van der Waals surface area contributed by atoms with Gasteiger partial charge >= 0.3 is 0 Å². The number of aryl methyl sites for hydroxylation is 1. The van der Waals surface area contributed by atoms with Gasteiger partial charge in [0.2, 0.25) is 0 Å². The molecule has 26 heavy (non-hydrogen) atoms. The molecule has 3 aromatic rings. The van der Waals surface area contributed by atoms with Crippen LogP contribution in [0.1, 0.15) is 36.0 Å². The molecule has 2 aliphatic heterocycles. The molecule has 2 nitrogen and oxygen atoms in total. The molecule has 2 unspecified atom stereocenters. The van der Waals surface area contributed by atoms with Crippen molar-refractivity contribution in [3.63, 3.8) is 0 Å². The maximum Gasteiger partial charge on any atom is 0.0737 e. The van der Waals surface area contributed by atoms with Crippen LogP contribution in [0.5, 0.6) is 0 Å². The first-order valence-corrected chi connectivity index (χ1v) is 9.65. The number of nitrogens with zero attached hydrogens (tertiary/aromatic N) is 2. The summed E-state index contributed by atoms with van der Waals surface area (Å²) in [6, 6.07) is 20.8. The molecule has 2 aromatic carbocycles. The van der Waals surface area contributed by atoms with Crippen molar-refractivity contribution in [1.29, 1.82) is 0 Å². The predicted octanol–water partition coefficient (Wildman–Crippen LogP) is 5.36. The standard InChI is InChI=1S/C24H24N2/c1-17-23(12-9-19-8-5-13-25-24(17)19)20-14-21-10-11-22(15-20)26(21)16-18-6-3-2-4-7-18/h2-9,12-14,21-22H,10-11,15-16H2,1H3. The van der Waals surface area contributed by atoms with Crippen molar-refractivity contribution in [1.82, 2.24) is 9.88 Å². The predicted molar refractivity (Wildman–Crippen MR) is 108 cm³/mol. The Kier molecular flexibility index (Phi) is 3.86. The first-order chi connectivity index (χ1) is 12.8. The van der Waals surface area contributed by atoms with Gasteiger partial charge < -0.3 is 0 Å². The Morgan fingerprint density at radius 3 is 2.73 bits per heavy atom. The van der Waals surface area contributed by atoms with E-state index >= 15 is 0 Å². The third kappa shape index (κ3) is 2.65. The molecule has 2 bridgehead atoms. The minimum absolute atomic E-state index is 0.572. The summed E-state index contributed by atoms with van der Waals surface area (Å²) in [4.78, 5) is 7.32. The summed E-state index contributed by atoms with van der Waals surface area (Å²) in [5.41, 5.74) is 6.81. The van der Waals surface area contributed by atoms with E-state index in [0.29, 0.717) is 12.1 Å². The highest BCUT2D eigenvalue weighted by molar-refractivity contribution is 5.87. The molecule has 2 aliphatic rings. The Morgan fingerprint density at radius 1 is 1.00 bits per heavy atom. The van der Waals surface area contributed by atoms with Gasteiger partial charge in [0.05, 0.1) is 5.52 Å². The second-order valence-electron chi connectivity index (χ2n) is 7.67. The van der Waals surface area contributed by atoms with E-state index in [1.165, 1.54) is 40.5 Å². The van der Waals surface area contributed by atoms with Gasteiger partial charge in [0.1, 0.15) is 0 Å². The number of benzene rings is 2. The molecule has 0 spiro atoms. The summed E-state index contributed by atoms with van der Waals surface area (Å²) >= 11 is 0. The number of rotatable bonds is 3. The summed E-state index contributed by atoms with van der Waals surface area (Å²) in [5.74, 6) is 0. The SMILES string of the molecule is Cc1c(C2=CC3CCC(C2)N3Cc2ccccc2)ccc2cccnc12. The molecule has 0 radical (unpaired) electrons. The Bertz CT molecular complexity index is 974. The van der Waals surface area contributed by atoms with Gasteiger partial charge in [-0.3, -0.25) is 9.88 Å². The molecule has 5 rings (SSSR count). The number of fused-ring (bicyclic) bond motifs is 3. The number of hydrogen-bond donors (Lipinski definition) is 0. The zero-order valence-corrected chi connectivity index (χ0v) is 15.2. The van der Waals surface area contributed by atoms with Crippen molar-refractivity contribution < 1.29 is 0 Å². The van der Waals surface area contributed by atoms with Crippen molar-refractivity contribution in [3.8, 4) is 0 Å². The molecule has 0 N–H and O–H groups in total. The maximum atomic E-state index is 4.62. The quantitative estimate of drug-likeness (QED) is 0.638. The third-order valence-corrected chi connectivity index (χ3v) is 6.12. The molecular weight excluding hydrogens is 316 g/mol. The van der Waals surface area contributed by atoms with E-state index in [1.54, 1.807) is 0 Å². The Balaban J connectivity index is 1.47. The Labute approximate surface area is 155 Å². The van der Waals surface area contributed by atoms with Gasteiger partial charge in [0, 0.05) is 30.2 Å². The number of pyridine rings is 1. The first-order valence-electron chi connectivity index (χ1n) is 9.65. The molecule has 1 aromatic heterocycles. The molecule has 1 fully saturated rings. The van der Waals surface area contributed by atoms with Crippen molar-refractivity contribution in [2.75, 3.05) is 0 Å². The molecule has 0 amide bonds. The average molecular weight is 340 g/mol. The highest BCUT2D eigenvalue weighted by atomic mass is 15.2. The Morgan fingerprint density at radius 2 is 1.88 bits per heavy atom. The zero-order chi connectivity index (χ0) is 17.5. The fourth-order valence-corrected chi connectivity index (χ4v) is 4.80. The second kappa shape index (κ2) is 6.37. The van der Waals surface area contributed by atoms with E-state index < -0.39 is 0 Å². The van der Waals surface area contributed by atoms with E-state index in [9.17, 15) is 0 Å². The van der Waals surface area contributed by atoms with Crippen LogP contribution in [0.15, 0.2) is 66.9 Å². The van der Waals surface area contributed by atoms with Gasteiger partial charge in [0.15, 0.2) is 0 Å². The minimum atomic E-state index is 0.572. The van der Waals surface area contributed by atoms with E-state index in [2.05, 4.69) is 71.4 Å². The lowest BCUT2D eigenvalue weighted by molar-refractivity contribution is 0.203. The monoisotopic (exact) mass is 340 g/mol. The van der Waals surface area contributed by atoms with Crippen molar-refractivity contribution in [2.24, 2.45) is 0 Å². The molecule has 3 heterocycles. The average Bonchev–Trinajstić information content (AvgIpc) is 2.90. The molecule has 130 valence electrons. The highest BCUT2D eigenvalue weighted by Gasteiger charge is 2.36. The minimum Gasteiger partial charge on any atom is -0.289 e. The zero-order valence-electron chi connectivity index (χ0n) is 15.2. The molecule has 0 saturated carbocycles. The lowest BCUT2D eigenvalue weighted by Crippen LogP contribution is -2.37. The van der Waals surface area contributed by atoms with Gasteiger partial charge in [0.25, 0.3) is 0 Å². The smallest absolute Gasteiger partial charge is 0.0737 e. The molecule has 2 atom stereocenters. The van der Waals surface area contributed by atoms with Crippen LogP contribution in [0.3, 0.4) is 0 Å². The van der Waals surface area contributed by atoms with E-state index in [0.717, 1.165) is 18.5 Å². The molecular formula is C24H24N2. The van der Waals surface area contributed by atoms with Crippen molar-refractivity contribution in [2.45, 2.75) is 44.8 Å². The third-order valence-electron chi connectivity index (χ3n) is 6.12. The first kappa shape index (κ1) is 15.8. The summed E-state index contributed by atoms with van der Waals surface area (Å²) in [6.07, 6.45) is 8.18. The van der Waals surface area contributed by atoms with Crippen LogP contribution in [0.2, 0.25) is 0 Å².